The second kappa shape index (κ2) is 12.6. The van der Waals surface area contributed by atoms with Crippen LogP contribution in [0, 0.1) is 5.82 Å². The van der Waals surface area contributed by atoms with Crippen LogP contribution in [0.15, 0.2) is 54.6 Å². The summed E-state index contributed by atoms with van der Waals surface area (Å²) in [6.45, 7) is 9.70. The Labute approximate surface area is 245 Å². The van der Waals surface area contributed by atoms with Crippen molar-refractivity contribution in [3.05, 3.63) is 71.5 Å². The van der Waals surface area contributed by atoms with Crippen LogP contribution in [0.4, 0.5) is 16.2 Å². The number of methoxy groups -OCH3 is 1. The Morgan fingerprint density at radius 1 is 0.905 bits per heavy atom. The summed E-state index contributed by atoms with van der Waals surface area (Å²) in [5, 5.41) is 4.36. The van der Waals surface area contributed by atoms with Crippen molar-refractivity contribution in [1.29, 1.82) is 0 Å². The third-order valence-electron chi connectivity index (χ3n) is 7.67. The molecule has 2 aliphatic rings. The summed E-state index contributed by atoms with van der Waals surface area (Å²) < 4.78 is 30.5. The number of aromatic nitrogens is 3. The van der Waals surface area contributed by atoms with Crippen LogP contribution in [0.5, 0.6) is 5.75 Å². The van der Waals surface area contributed by atoms with Crippen LogP contribution in [-0.4, -0.2) is 73.7 Å². The summed E-state index contributed by atoms with van der Waals surface area (Å²) in [6, 6.07) is 16.7. The highest BCUT2D eigenvalue weighted by Crippen LogP contribution is 2.31. The molecule has 9 nitrogen and oxygen atoms in total. The lowest BCUT2D eigenvalue weighted by Crippen LogP contribution is -2.46. The quantitative estimate of drug-likeness (QED) is 0.326. The van der Waals surface area contributed by atoms with Gasteiger partial charge in [-0.05, 0) is 61.9 Å². The highest BCUT2D eigenvalue weighted by atomic mass is 19.1. The molecule has 0 saturated carbocycles. The molecule has 0 spiro atoms. The number of hydrogen-bond acceptors (Lipinski definition) is 9. The van der Waals surface area contributed by atoms with E-state index in [0.29, 0.717) is 37.9 Å². The third-order valence-corrected chi connectivity index (χ3v) is 7.67. The number of hydrogen-bond donors (Lipinski definition) is 1. The molecule has 2 aromatic heterocycles. The molecule has 0 aliphatic carbocycles. The maximum absolute atomic E-state index is 13.3. The molecule has 220 valence electrons. The first-order valence-corrected chi connectivity index (χ1v) is 14.5. The molecule has 2 atom stereocenters. The van der Waals surface area contributed by atoms with Crippen LogP contribution in [0.3, 0.4) is 0 Å². The largest absolute Gasteiger partial charge is 0.496 e. The number of nitrogens with zero attached hydrogens (tertiary/aromatic N) is 5. The van der Waals surface area contributed by atoms with Crippen molar-refractivity contribution in [3.8, 4) is 17.0 Å². The zero-order chi connectivity index (χ0) is 29.1. The molecule has 2 aromatic carbocycles. The normalized spacial score (nSPS) is 19.3. The lowest BCUT2D eigenvalue weighted by Gasteiger charge is -2.36. The van der Waals surface area contributed by atoms with E-state index in [2.05, 4.69) is 41.1 Å². The molecular formula is C32H37FN6O3. The minimum absolute atomic E-state index is 0.0913. The smallest absolute Gasteiger partial charge is 0.229 e. The summed E-state index contributed by atoms with van der Waals surface area (Å²) in [6.07, 6.45) is 0.183. The van der Waals surface area contributed by atoms with E-state index < -0.39 is 0 Å². The van der Waals surface area contributed by atoms with Crippen LogP contribution in [0.25, 0.3) is 22.3 Å². The van der Waals surface area contributed by atoms with Crippen LogP contribution in [-0.2, 0) is 22.6 Å². The van der Waals surface area contributed by atoms with Gasteiger partial charge in [0.2, 0.25) is 5.95 Å². The number of morpholine rings is 2. The van der Waals surface area contributed by atoms with E-state index in [1.165, 1.54) is 12.1 Å². The van der Waals surface area contributed by atoms with E-state index in [-0.39, 0.29) is 18.0 Å². The summed E-state index contributed by atoms with van der Waals surface area (Å²) in [7, 11) is 1.67. The monoisotopic (exact) mass is 572 g/mol. The van der Waals surface area contributed by atoms with Gasteiger partial charge in [-0.15, -0.1) is 0 Å². The summed E-state index contributed by atoms with van der Waals surface area (Å²) >= 11 is 0. The molecular weight excluding hydrogens is 535 g/mol. The number of anilines is 2. The Balaban J connectivity index is 1.32. The molecule has 0 bridgehead atoms. The Hall–Kier alpha value is -3.86. The SMILES string of the molecule is COc1ccc(-c2ccc3c(N4CCOCC4)nc(N4CC(C)OC(C)C4)nc3n2)cc1CNCc1ccc(F)cc1. The van der Waals surface area contributed by atoms with Crippen molar-refractivity contribution in [2.24, 2.45) is 0 Å². The Morgan fingerprint density at radius 2 is 1.67 bits per heavy atom. The molecule has 10 heteroatoms. The van der Waals surface area contributed by atoms with Crippen LogP contribution in [0.2, 0.25) is 0 Å². The number of fused-ring (bicyclic) bond motifs is 1. The van der Waals surface area contributed by atoms with Gasteiger partial charge in [0.15, 0.2) is 5.65 Å². The average molecular weight is 573 g/mol. The molecule has 4 aromatic rings. The molecule has 1 N–H and O–H groups in total. The highest BCUT2D eigenvalue weighted by molar-refractivity contribution is 5.90. The van der Waals surface area contributed by atoms with E-state index in [1.54, 1.807) is 19.2 Å². The molecule has 2 saturated heterocycles. The van der Waals surface area contributed by atoms with Crippen molar-refractivity contribution in [2.75, 3.05) is 56.3 Å². The Kier molecular flexibility index (Phi) is 8.46. The van der Waals surface area contributed by atoms with Crippen LogP contribution in [0.1, 0.15) is 25.0 Å². The predicted molar refractivity (Wildman–Crippen MR) is 162 cm³/mol. The van der Waals surface area contributed by atoms with Gasteiger partial charge in [-0.25, -0.2) is 9.37 Å². The molecule has 2 fully saturated rings. The first-order chi connectivity index (χ1) is 20.5. The number of nitrogens with one attached hydrogen (secondary N) is 1. The summed E-state index contributed by atoms with van der Waals surface area (Å²) in [4.78, 5) is 19.6. The van der Waals surface area contributed by atoms with Gasteiger partial charge in [0.05, 0.1) is 43.6 Å². The molecule has 6 rings (SSSR count). The number of ether oxygens (including phenoxy) is 3. The van der Waals surface area contributed by atoms with E-state index in [4.69, 9.17) is 29.2 Å². The van der Waals surface area contributed by atoms with Crippen LogP contribution < -0.4 is 19.9 Å². The minimum atomic E-state index is -0.237. The minimum Gasteiger partial charge on any atom is -0.496 e. The predicted octanol–water partition coefficient (Wildman–Crippen LogP) is 4.58. The summed E-state index contributed by atoms with van der Waals surface area (Å²) in [5.74, 6) is 2.13. The van der Waals surface area contributed by atoms with Crippen molar-refractivity contribution in [2.45, 2.75) is 39.1 Å². The van der Waals surface area contributed by atoms with Crippen molar-refractivity contribution in [1.82, 2.24) is 20.3 Å². The van der Waals surface area contributed by atoms with Gasteiger partial charge >= 0.3 is 0 Å². The van der Waals surface area contributed by atoms with Crippen molar-refractivity contribution < 1.29 is 18.6 Å². The van der Waals surface area contributed by atoms with Gasteiger partial charge in [-0.1, -0.05) is 12.1 Å². The maximum Gasteiger partial charge on any atom is 0.229 e. The fourth-order valence-electron chi connectivity index (χ4n) is 5.66. The van der Waals surface area contributed by atoms with Crippen LogP contribution >= 0.6 is 0 Å². The highest BCUT2D eigenvalue weighted by Gasteiger charge is 2.27. The second-order valence-electron chi connectivity index (χ2n) is 10.9. The van der Waals surface area contributed by atoms with Gasteiger partial charge < -0.3 is 29.3 Å². The number of pyridine rings is 1. The van der Waals surface area contributed by atoms with E-state index >= 15 is 0 Å². The fourth-order valence-corrected chi connectivity index (χ4v) is 5.66. The average Bonchev–Trinajstić information content (AvgIpc) is 3.01. The molecule has 2 aliphatic heterocycles. The molecule has 42 heavy (non-hydrogen) atoms. The topological polar surface area (TPSA) is 84.9 Å². The Bertz CT molecular complexity index is 1520. The number of rotatable bonds is 8. The maximum atomic E-state index is 13.3. The van der Waals surface area contributed by atoms with Crippen molar-refractivity contribution in [3.63, 3.8) is 0 Å². The van der Waals surface area contributed by atoms with E-state index in [0.717, 1.165) is 65.5 Å². The first-order valence-electron chi connectivity index (χ1n) is 14.5. The van der Waals surface area contributed by atoms with E-state index in [1.807, 2.05) is 18.2 Å². The first kappa shape index (κ1) is 28.3. The molecule has 0 radical (unpaired) electrons. The number of halogens is 1. The Morgan fingerprint density at radius 3 is 2.40 bits per heavy atom. The van der Waals surface area contributed by atoms with Crippen molar-refractivity contribution >= 4 is 22.8 Å². The molecule has 4 heterocycles. The van der Waals surface area contributed by atoms with Gasteiger partial charge in [0.25, 0.3) is 0 Å². The second-order valence-corrected chi connectivity index (χ2v) is 10.9. The lowest BCUT2D eigenvalue weighted by molar-refractivity contribution is -0.00570. The standard InChI is InChI=1S/C32H37FN6O3/c1-21-19-39(20-22(2)42-21)32-36-30-27(31(37-32)38-12-14-41-15-13-38)9-10-28(35-30)24-6-11-29(40-3)25(16-24)18-34-17-23-4-7-26(33)8-5-23/h4-11,16,21-22,34H,12-15,17-20H2,1-3H3. The van der Waals surface area contributed by atoms with E-state index in [9.17, 15) is 4.39 Å². The third kappa shape index (κ3) is 6.30. The van der Waals surface area contributed by atoms with Gasteiger partial charge in [0, 0.05) is 50.4 Å². The zero-order valence-corrected chi connectivity index (χ0v) is 24.3. The van der Waals surface area contributed by atoms with Gasteiger partial charge in [-0.2, -0.15) is 9.97 Å². The zero-order valence-electron chi connectivity index (χ0n) is 24.3. The fraction of sp³-hybridized carbons (Fsp3) is 0.406. The van der Waals surface area contributed by atoms with Gasteiger partial charge in [-0.3, -0.25) is 0 Å². The number of benzene rings is 2. The molecule has 2 unspecified atom stereocenters. The molecule has 0 amide bonds. The summed E-state index contributed by atoms with van der Waals surface area (Å²) in [5.41, 5.74) is 4.48. The van der Waals surface area contributed by atoms with Gasteiger partial charge in [0.1, 0.15) is 17.4 Å². The lowest BCUT2D eigenvalue weighted by atomic mass is 10.1.